The molecule has 2 aromatic carbocycles. The molecule has 1 amide bonds. The van der Waals surface area contributed by atoms with Crippen LogP contribution in [0.15, 0.2) is 48.8 Å². The van der Waals surface area contributed by atoms with Gasteiger partial charge in [0.05, 0.1) is 11.2 Å². The first-order valence-corrected chi connectivity index (χ1v) is 8.49. The summed E-state index contributed by atoms with van der Waals surface area (Å²) < 4.78 is 0. The van der Waals surface area contributed by atoms with Gasteiger partial charge in [0.2, 0.25) is 5.91 Å². The highest BCUT2D eigenvalue weighted by Gasteiger charge is 2.11. The molecule has 2 heterocycles. The number of anilines is 1. The fraction of sp³-hybridized carbons (Fsp3) is 0.158. The van der Waals surface area contributed by atoms with E-state index in [1.54, 1.807) is 6.33 Å². The standard InChI is InChI=1S/C19H18N6O/c1-2-4-17(26)22-14-6-3-5-12(9-14)18-15-10-13(19-20-11-21-25-19)7-8-16(15)23-24-18/h3,5-11H,2,4H2,1H3,(H,22,26)(H,23,24)(H,20,21,25). The van der Waals surface area contributed by atoms with Crippen molar-refractivity contribution in [1.29, 1.82) is 0 Å². The number of carbonyl (C=O) groups excluding carboxylic acids is 1. The largest absolute Gasteiger partial charge is 0.328 e. The predicted octanol–water partition coefficient (Wildman–Crippen LogP) is 3.75. The van der Waals surface area contributed by atoms with Gasteiger partial charge in [-0.05, 0) is 36.8 Å². The van der Waals surface area contributed by atoms with Gasteiger partial charge in [0.1, 0.15) is 6.33 Å². The third-order valence-corrected chi connectivity index (χ3v) is 4.15. The Bertz CT molecular complexity index is 1050. The van der Waals surface area contributed by atoms with Crippen LogP contribution in [0, 0.1) is 0 Å². The third kappa shape index (κ3) is 3.06. The summed E-state index contributed by atoms with van der Waals surface area (Å²) in [6.45, 7) is 1.98. The van der Waals surface area contributed by atoms with E-state index in [9.17, 15) is 4.79 Å². The molecule has 0 atom stereocenters. The van der Waals surface area contributed by atoms with E-state index in [1.165, 1.54) is 0 Å². The quantitative estimate of drug-likeness (QED) is 0.512. The Morgan fingerprint density at radius 1 is 1.15 bits per heavy atom. The van der Waals surface area contributed by atoms with Gasteiger partial charge in [0, 0.05) is 28.6 Å². The Morgan fingerprint density at radius 2 is 2.08 bits per heavy atom. The van der Waals surface area contributed by atoms with Crippen LogP contribution in [-0.2, 0) is 4.79 Å². The van der Waals surface area contributed by atoms with Crippen LogP contribution in [0.25, 0.3) is 33.5 Å². The number of amides is 1. The van der Waals surface area contributed by atoms with Crippen LogP contribution in [0.1, 0.15) is 19.8 Å². The molecule has 4 rings (SSSR count). The van der Waals surface area contributed by atoms with E-state index in [2.05, 4.69) is 30.7 Å². The van der Waals surface area contributed by atoms with Gasteiger partial charge in [-0.1, -0.05) is 19.1 Å². The van der Waals surface area contributed by atoms with Crippen LogP contribution in [0.5, 0.6) is 0 Å². The molecule has 26 heavy (non-hydrogen) atoms. The number of nitrogens with one attached hydrogen (secondary N) is 3. The first-order chi connectivity index (χ1) is 12.7. The van der Waals surface area contributed by atoms with Crippen molar-refractivity contribution in [2.24, 2.45) is 0 Å². The minimum absolute atomic E-state index is 0.0177. The van der Waals surface area contributed by atoms with E-state index < -0.39 is 0 Å². The third-order valence-electron chi connectivity index (χ3n) is 4.15. The van der Waals surface area contributed by atoms with Gasteiger partial charge < -0.3 is 10.3 Å². The van der Waals surface area contributed by atoms with Crippen molar-refractivity contribution in [2.75, 3.05) is 5.32 Å². The summed E-state index contributed by atoms with van der Waals surface area (Å²) in [5.74, 6) is 0.726. The van der Waals surface area contributed by atoms with E-state index >= 15 is 0 Å². The molecule has 0 radical (unpaired) electrons. The molecule has 0 bridgehead atoms. The fourth-order valence-electron chi connectivity index (χ4n) is 2.92. The Hall–Kier alpha value is -3.48. The van der Waals surface area contributed by atoms with Crippen molar-refractivity contribution in [2.45, 2.75) is 19.8 Å². The average molecular weight is 346 g/mol. The highest BCUT2D eigenvalue weighted by molar-refractivity contribution is 5.96. The average Bonchev–Trinajstić information content (AvgIpc) is 3.31. The zero-order valence-corrected chi connectivity index (χ0v) is 14.3. The topological polar surface area (TPSA) is 99.3 Å². The smallest absolute Gasteiger partial charge is 0.224 e. The fourth-order valence-corrected chi connectivity index (χ4v) is 2.92. The Balaban J connectivity index is 1.72. The number of benzene rings is 2. The number of hydrogen-bond acceptors (Lipinski definition) is 4. The highest BCUT2D eigenvalue weighted by atomic mass is 16.1. The predicted molar refractivity (Wildman–Crippen MR) is 100 cm³/mol. The number of rotatable bonds is 5. The van der Waals surface area contributed by atoms with Crippen LogP contribution in [0.3, 0.4) is 0 Å². The lowest BCUT2D eigenvalue weighted by molar-refractivity contribution is -0.116. The van der Waals surface area contributed by atoms with Crippen LogP contribution in [0.2, 0.25) is 0 Å². The van der Waals surface area contributed by atoms with Gasteiger partial charge in [-0.25, -0.2) is 0 Å². The molecule has 7 heteroatoms. The summed E-state index contributed by atoms with van der Waals surface area (Å²) in [6.07, 6.45) is 2.88. The minimum Gasteiger partial charge on any atom is -0.328 e. The monoisotopic (exact) mass is 346 g/mol. The molecular weight excluding hydrogens is 328 g/mol. The number of H-pyrrole nitrogens is 2. The molecule has 0 unspecified atom stereocenters. The summed E-state index contributed by atoms with van der Waals surface area (Å²) in [5, 5.41) is 19.3. The lowest BCUT2D eigenvalue weighted by Crippen LogP contribution is -2.10. The van der Waals surface area contributed by atoms with Crippen molar-refractivity contribution >= 4 is 22.5 Å². The van der Waals surface area contributed by atoms with E-state index in [-0.39, 0.29) is 5.91 Å². The lowest BCUT2D eigenvalue weighted by atomic mass is 10.0. The maximum absolute atomic E-state index is 11.8. The van der Waals surface area contributed by atoms with E-state index in [4.69, 9.17) is 0 Å². The SMILES string of the molecule is CCCC(=O)Nc1cccc(-c2n[nH]c3ccc(-c4nnc[nH]4)cc23)c1. The van der Waals surface area contributed by atoms with Crippen LogP contribution in [0.4, 0.5) is 5.69 Å². The molecule has 0 aliphatic rings. The zero-order valence-electron chi connectivity index (χ0n) is 14.3. The van der Waals surface area contributed by atoms with E-state index in [0.29, 0.717) is 12.2 Å². The van der Waals surface area contributed by atoms with Gasteiger partial charge in [0.15, 0.2) is 5.82 Å². The molecule has 4 aromatic rings. The summed E-state index contributed by atoms with van der Waals surface area (Å²) in [5.41, 5.74) is 4.39. The second kappa shape index (κ2) is 6.79. The van der Waals surface area contributed by atoms with Gasteiger partial charge in [0.25, 0.3) is 0 Å². The Kier molecular flexibility index (Phi) is 4.18. The second-order valence-electron chi connectivity index (χ2n) is 6.05. The molecule has 0 saturated heterocycles. The molecule has 0 saturated carbocycles. The summed E-state index contributed by atoms with van der Waals surface area (Å²) in [4.78, 5) is 14.9. The molecule has 2 aromatic heterocycles. The maximum Gasteiger partial charge on any atom is 0.224 e. The van der Waals surface area contributed by atoms with E-state index in [1.807, 2.05) is 49.4 Å². The summed E-state index contributed by atoms with van der Waals surface area (Å²) in [7, 11) is 0. The molecule has 130 valence electrons. The van der Waals surface area contributed by atoms with Crippen molar-refractivity contribution in [3.63, 3.8) is 0 Å². The molecule has 0 aliphatic carbocycles. The first-order valence-electron chi connectivity index (χ1n) is 8.49. The molecular formula is C19H18N6O. The Labute approximate surface area is 149 Å². The number of aromatic amines is 2. The molecule has 0 aliphatic heterocycles. The van der Waals surface area contributed by atoms with Crippen molar-refractivity contribution in [1.82, 2.24) is 25.4 Å². The number of hydrogen-bond donors (Lipinski definition) is 3. The van der Waals surface area contributed by atoms with Crippen LogP contribution < -0.4 is 5.32 Å². The highest BCUT2D eigenvalue weighted by Crippen LogP contribution is 2.30. The van der Waals surface area contributed by atoms with Crippen molar-refractivity contribution < 1.29 is 4.79 Å². The zero-order chi connectivity index (χ0) is 17.9. The molecule has 3 N–H and O–H groups in total. The normalized spacial score (nSPS) is 11.0. The minimum atomic E-state index is 0.0177. The van der Waals surface area contributed by atoms with Crippen LogP contribution >= 0.6 is 0 Å². The van der Waals surface area contributed by atoms with Gasteiger partial charge in [-0.2, -0.15) is 5.10 Å². The number of carbonyl (C=O) groups is 1. The number of nitrogens with zero attached hydrogens (tertiary/aromatic N) is 3. The summed E-state index contributed by atoms with van der Waals surface area (Å²) >= 11 is 0. The first kappa shape index (κ1) is 16.0. The molecule has 0 fully saturated rings. The van der Waals surface area contributed by atoms with Crippen LogP contribution in [-0.4, -0.2) is 31.3 Å². The van der Waals surface area contributed by atoms with E-state index in [0.717, 1.165) is 39.8 Å². The molecule has 0 spiro atoms. The number of fused-ring (bicyclic) bond motifs is 1. The second-order valence-corrected chi connectivity index (χ2v) is 6.05. The Morgan fingerprint density at radius 3 is 2.88 bits per heavy atom. The van der Waals surface area contributed by atoms with Crippen molar-refractivity contribution in [3.8, 4) is 22.6 Å². The maximum atomic E-state index is 11.8. The molecule has 7 nitrogen and oxygen atoms in total. The van der Waals surface area contributed by atoms with Gasteiger partial charge in [-0.15, -0.1) is 10.2 Å². The van der Waals surface area contributed by atoms with Crippen molar-refractivity contribution in [3.05, 3.63) is 48.8 Å². The number of aromatic nitrogens is 5. The van der Waals surface area contributed by atoms with Gasteiger partial charge >= 0.3 is 0 Å². The summed E-state index contributed by atoms with van der Waals surface area (Å²) in [6, 6.07) is 13.7. The lowest BCUT2D eigenvalue weighted by Gasteiger charge is -2.06. The van der Waals surface area contributed by atoms with Gasteiger partial charge in [-0.3, -0.25) is 9.89 Å².